The van der Waals surface area contributed by atoms with E-state index in [1.165, 1.54) is 18.7 Å². The fourth-order valence-corrected chi connectivity index (χ4v) is 3.79. The number of hydrogen-bond acceptors (Lipinski definition) is 9. The SMILES string of the molecule is COC(C(=O)O)c1ccc(N(CCCC(=O)Nc2cccc(-n3[nH]nnc3=S)c2)CC(=O)C(C)O)cc1. The minimum absolute atomic E-state index is 0.0633. The Labute approximate surface area is 217 Å². The number of rotatable bonds is 13. The van der Waals surface area contributed by atoms with Crippen molar-refractivity contribution in [3.8, 4) is 5.69 Å². The summed E-state index contributed by atoms with van der Waals surface area (Å²) in [5.41, 5.74) is 2.34. The van der Waals surface area contributed by atoms with E-state index in [-0.39, 0.29) is 29.4 Å². The molecule has 0 spiro atoms. The Balaban J connectivity index is 1.64. The van der Waals surface area contributed by atoms with Crippen LogP contribution in [0.1, 0.15) is 31.4 Å². The summed E-state index contributed by atoms with van der Waals surface area (Å²) in [5.74, 6) is -1.71. The molecule has 0 aliphatic rings. The standard InChI is InChI=1S/C24H28N6O6S/c1-15(31)20(32)14-29(18-10-8-16(9-11-18)22(36-2)23(34)35)12-4-7-21(33)25-17-5-3-6-19(13-17)30-24(37)26-27-28-30/h3,5-6,8-11,13,15,22,31H,4,7,12,14H2,1-2H3,(H,25,33)(H,34,35)(H,26,28,37). The van der Waals surface area contributed by atoms with Gasteiger partial charge < -0.3 is 25.2 Å². The fourth-order valence-electron chi connectivity index (χ4n) is 3.60. The normalized spacial score (nSPS) is 12.5. The Morgan fingerprint density at radius 3 is 2.54 bits per heavy atom. The summed E-state index contributed by atoms with van der Waals surface area (Å²) in [6.07, 6.45) is -1.64. The lowest BCUT2D eigenvalue weighted by Crippen LogP contribution is -2.35. The van der Waals surface area contributed by atoms with Gasteiger partial charge in [-0.25, -0.2) is 9.48 Å². The van der Waals surface area contributed by atoms with Gasteiger partial charge in [-0.2, -0.15) is 5.21 Å². The van der Waals surface area contributed by atoms with Crippen molar-refractivity contribution < 1.29 is 29.3 Å². The van der Waals surface area contributed by atoms with Gasteiger partial charge in [0.05, 0.1) is 12.2 Å². The molecule has 3 rings (SSSR count). The van der Waals surface area contributed by atoms with Gasteiger partial charge in [0, 0.05) is 31.5 Å². The van der Waals surface area contributed by atoms with Crippen molar-refractivity contribution in [2.45, 2.75) is 32.0 Å². The summed E-state index contributed by atoms with van der Waals surface area (Å²) in [7, 11) is 1.31. The minimum atomic E-state index is -1.14. The summed E-state index contributed by atoms with van der Waals surface area (Å²) in [5, 5.41) is 31.8. The number of benzene rings is 2. The number of aromatic nitrogens is 4. The second kappa shape index (κ2) is 12.9. The van der Waals surface area contributed by atoms with E-state index in [4.69, 9.17) is 17.0 Å². The van der Waals surface area contributed by atoms with E-state index in [9.17, 15) is 24.6 Å². The Morgan fingerprint density at radius 2 is 1.95 bits per heavy atom. The van der Waals surface area contributed by atoms with Gasteiger partial charge in [-0.1, -0.05) is 28.5 Å². The molecule has 2 unspecified atom stereocenters. The molecule has 13 heteroatoms. The number of Topliss-reactive ketones (excluding diaryl/α,β-unsaturated/α-hetero) is 1. The summed E-state index contributed by atoms with van der Waals surface area (Å²) in [4.78, 5) is 37.9. The molecular formula is C24H28N6O6S. The van der Waals surface area contributed by atoms with Gasteiger partial charge in [0.2, 0.25) is 10.7 Å². The van der Waals surface area contributed by atoms with Crippen LogP contribution in [-0.4, -0.2) is 74.4 Å². The highest BCUT2D eigenvalue weighted by molar-refractivity contribution is 7.71. The third-order valence-electron chi connectivity index (χ3n) is 5.53. The summed E-state index contributed by atoms with van der Waals surface area (Å²) >= 11 is 5.10. The van der Waals surface area contributed by atoms with Gasteiger partial charge in [-0.15, -0.1) is 0 Å². The van der Waals surface area contributed by atoms with Gasteiger partial charge >= 0.3 is 5.97 Å². The molecule has 37 heavy (non-hydrogen) atoms. The molecule has 4 N–H and O–H groups in total. The van der Waals surface area contributed by atoms with Gasteiger partial charge in [-0.05, 0) is 61.5 Å². The van der Waals surface area contributed by atoms with E-state index in [1.54, 1.807) is 53.4 Å². The van der Waals surface area contributed by atoms with Crippen molar-refractivity contribution >= 4 is 41.3 Å². The molecule has 1 amide bonds. The quantitative estimate of drug-likeness (QED) is 0.242. The lowest BCUT2D eigenvalue weighted by molar-refractivity contribution is -0.148. The first-order valence-electron chi connectivity index (χ1n) is 11.4. The molecule has 2 atom stereocenters. The molecule has 1 aromatic heterocycles. The molecule has 0 fully saturated rings. The first kappa shape index (κ1) is 27.6. The number of amides is 1. The number of carboxylic acid groups (broad SMARTS) is 1. The number of anilines is 2. The molecule has 0 saturated carbocycles. The van der Waals surface area contributed by atoms with Crippen molar-refractivity contribution in [3.05, 3.63) is 58.9 Å². The summed E-state index contributed by atoms with van der Waals surface area (Å²) in [6, 6.07) is 13.6. The highest BCUT2D eigenvalue weighted by Crippen LogP contribution is 2.22. The molecule has 0 saturated heterocycles. The first-order valence-corrected chi connectivity index (χ1v) is 11.8. The zero-order valence-electron chi connectivity index (χ0n) is 20.3. The monoisotopic (exact) mass is 528 g/mol. The number of carboxylic acids is 1. The highest BCUT2D eigenvalue weighted by atomic mass is 32.1. The number of aliphatic hydroxyl groups is 1. The predicted octanol–water partition coefficient (Wildman–Crippen LogP) is 2.27. The Kier molecular flexibility index (Phi) is 9.60. The van der Waals surface area contributed by atoms with Crippen molar-refractivity contribution in [3.63, 3.8) is 0 Å². The van der Waals surface area contributed by atoms with Crippen LogP contribution in [-0.2, 0) is 19.1 Å². The third-order valence-corrected chi connectivity index (χ3v) is 5.79. The van der Waals surface area contributed by atoms with Gasteiger partial charge in [-0.3, -0.25) is 9.59 Å². The van der Waals surface area contributed by atoms with Crippen LogP contribution in [0, 0.1) is 4.77 Å². The van der Waals surface area contributed by atoms with E-state index in [1.807, 2.05) is 0 Å². The van der Waals surface area contributed by atoms with E-state index in [0.29, 0.717) is 35.6 Å². The van der Waals surface area contributed by atoms with Crippen LogP contribution < -0.4 is 10.2 Å². The number of H-pyrrole nitrogens is 1. The highest BCUT2D eigenvalue weighted by Gasteiger charge is 2.20. The minimum Gasteiger partial charge on any atom is -0.479 e. The van der Waals surface area contributed by atoms with E-state index < -0.39 is 18.2 Å². The average Bonchev–Trinajstić information content (AvgIpc) is 3.30. The largest absolute Gasteiger partial charge is 0.479 e. The second-order valence-corrected chi connectivity index (χ2v) is 8.59. The molecule has 0 aliphatic heterocycles. The molecule has 2 aromatic carbocycles. The van der Waals surface area contributed by atoms with Crippen LogP contribution in [0.15, 0.2) is 48.5 Å². The molecule has 196 valence electrons. The number of aliphatic carboxylic acids is 1. The number of hydrogen-bond donors (Lipinski definition) is 4. The first-order chi connectivity index (χ1) is 17.7. The number of nitrogens with zero attached hydrogens (tertiary/aromatic N) is 4. The van der Waals surface area contributed by atoms with Gasteiger partial charge in [0.25, 0.3) is 0 Å². The molecule has 0 radical (unpaired) electrons. The Hall–Kier alpha value is -3.94. The van der Waals surface area contributed by atoms with Gasteiger partial charge in [0.15, 0.2) is 11.9 Å². The number of carbonyl (C=O) groups excluding carboxylic acids is 2. The molecule has 0 aliphatic carbocycles. The van der Waals surface area contributed by atoms with Crippen molar-refractivity contribution in [2.24, 2.45) is 0 Å². The number of ketones is 1. The zero-order chi connectivity index (χ0) is 26.9. The van der Waals surface area contributed by atoms with Crippen molar-refractivity contribution in [2.75, 3.05) is 30.4 Å². The molecule has 3 aromatic rings. The molecule has 0 bridgehead atoms. The van der Waals surface area contributed by atoms with E-state index in [0.717, 1.165) is 0 Å². The van der Waals surface area contributed by atoms with Crippen molar-refractivity contribution in [1.29, 1.82) is 0 Å². The maximum absolute atomic E-state index is 12.6. The Bertz CT molecular complexity index is 1290. The number of tetrazole rings is 1. The number of carbonyl (C=O) groups is 3. The van der Waals surface area contributed by atoms with E-state index >= 15 is 0 Å². The van der Waals surface area contributed by atoms with Crippen LogP contribution in [0.25, 0.3) is 5.69 Å². The van der Waals surface area contributed by atoms with Crippen LogP contribution in [0.4, 0.5) is 11.4 Å². The van der Waals surface area contributed by atoms with Crippen LogP contribution in [0.5, 0.6) is 0 Å². The van der Waals surface area contributed by atoms with Crippen LogP contribution in [0.2, 0.25) is 0 Å². The maximum atomic E-state index is 12.6. The summed E-state index contributed by atoms with van der Waals surface area (Å²) in [6.45, 7) is 1.69. The fraction of sp³-hybridized carbons (Fsp3) is 0.333. The Morgan fingerprint density at radius 1 is 1.22 bits per heavy atom. The molecule has 12 nitrogen and oxygen atoms in total. The lowest BCUT2D eigenvalue weighted by atomic mass is 10.1. The van der Waals surface area contributed by atoms with Crippen molar-refractivity contribution in [1.82, 2.24) is 20.2 Å². The molecular weight excluding hydrogens is 500 g/mol. The average molecular weight is 529 g/mol. The van der Waals surface area contributed by atoms with E-state index in [2.05, 4.69) is 20.8 Å². The number of methoxy groups -OCH3 is 1. The third kappa shape index (κ3) is 7.52. The number of ether oxygens (including phenoxy) is 1. The predicted molar refractivity (Wildman–Crippen MR) is 137 cm³/mol. The lowest BCUT2D eigenvalue weighted by Gasteiger charge is -2.25. The maximum Gasteiger partial charge on any atom is 0.337 e. The smallest absolute Gasteiger partial charge is 0.337 e. The van der Waals surface area contributed by atoms with Crippen LogP contribution in [0.3, 0.4) is 0 Å². The van der Waals surface area contributed by atoms with Gasteiger partial charge in [0.1, 0.15) is 6.10 Å². The zero-order valence-corrected chi connectivity index (χ0v) is 21.1. The second-order valence-electron chi connectivity index (χ2n) is 8.23. The topological polar surface area (TPSA) is 163 Å². The number of nitrogens with one attached hydrogen (secondary N) is 2. The number of aliphatic hydroxyl groups excluding tert-OH is 1. The van der Waals surface area contributed by atoms with Crippen LogP contribution >= 0.6 is 12.2 Å². The summed E-state index contributed by atoms with van der Waals surface area (Å²) < 4.78 is 6.76. The number of aromatic amines is 1. The molecule has 1 heterocycles.